The lowest BCUT2D eigenvalue weighted by molar-refractivity contribution is 0.257. The van der Waals surface area contributed by atoms with Crippen LogP contribution >= 0.6 is 0 Å². The Hall–Kier alpha value is -2.01. The molecule has 1 N–H and O–H groups in total. The topological polar surface area (TPSA) is 21.3 Å². The van der Waals surface area contributed by atoms with E-state index in [1.807, 2.05) is 0 Å². The van der Waals surface area contributed by atoms with Crippen molar-refractivity contribution in [3.05, 3.63) is 65.0 Å². The average molecular weight is 295 g/mol. The smallest absolute Gasteiger partial charge is 0.167 e. The number of halogens is 3. The Morgan fingerprint density at radius 2 is 1.76 bits per heavy atom. The number of hydrogen-bond acceptors (Lipinski definition) is 2. The van der Waals surface area contributed by atoms with Crippen LogP contribution in [0.1, 0.15) is 17.2 Å². The standard InChI is InChI=1S/C16H16F3NO/c1-10-5-3-8-14(15(10)18)21-9-13(20-2)11-6-4-7-12(17)16(11)19/h3-8,13,20H,9H2,1-2H3. The number of nitrogens with one attached hydrogen (secondary N) is 1. The van der Waals surface area contributed by atoms with Crippen molar-refractivity contribution in [1.29, 1.82) is 0 Å². The average Bonchev–Trinajstić information content (AvgIpc) is 2.48. The SMILES string of the molecule is CNC(COc1cccc(C)c1F)c1cccc(F)c1F. The van der Waals surface area contributed by atoms with Crippen LogP contribution in [0, 0.1) is 24.4 Å². The number of rotatable bonds is 5. The molecule has 1 atom stereocenters. The van der Waals surface area contributed by atoms with Gasteiger partial charge in [-0.05, 0) is 31.7 Å². The van der Waals surface area contributed by atoms with Gasteiger partial charge < -0.3 is 10.1 Å². The summed E-state index contributed by atoms with van der Waals surface area (Å²) in [6, 6.07) is 8.15. The second kappa shape index (κ2) is 6.63. The molecule has 0 aliphatic carbocycles. The van der Waals surface area contributed by atoms with Gasteiger partial charge >= 0.3 is 0 Å². The van der Waals surface area contributed by atoms with E-state index in [0.29, 0.717) is 5.56 Å². The summed E-state index contributed by atoms with van der Waals surface area (Å²) in [4.78, 5) is 0. The molecule has 0 aliphatic rings. The van der Waals surface area contributed by atoms with Crippen LogP contribution in [0.15, 0.2) is 36.4 Å². The second-order valence-corrected chi connectivity index (χ2v) is 4.68. The summed E-state index contributed by atoms with van der Waals surface area (Å²) in [5.41, 5.74) is 0.607. The molecule has 0 bridgehead atoms. The molecule has 0 heterocycles. The van der Waals surface area contributed by atoms with Gasteiger partial charge in [0.25, 0.3) is 0 Å². The molecule has 0 aliphatic heterocycles. The molecule has 1 unspecified atom stereocenters. The van der Waals surface area contributed by atoms with E-state index in [2.05, 4.69) is 5.32 Å². The van der Waals surface area contributed by atoms with Gasteiger partial charge in [0.05, 0.1) is 6.04 Å². The molecule has 0 aromatic heterocycles. The van der Waals surface area contributed by atoms with Gasteiger partial charge in [0.15, 0.2) is 23.2 Å². The van der Waals surface area contributed by atoms with Crippen LogP contribution in [0.5, 0.6) is 5.75 Å². The molecule has 2 rings (SSSR count). The summed E-state index contributed by atoms with van der Waals surface area (Å²) in [5, 5.41) is 2.84. The normalized spacial score (nSPS) is 12.2. The zero-order chi connectivity index (χ0) is 15.4. The van der Waals surface area contributed by atoms with E-state index in [9.17, 15) is 13.2 Å². The summed E-state index contributed by atoms with van der Waals surface area (Å²) >= 11 is 0. The van der Waals surface area contributed by atoms with E-state index >= 15 is 0 Å². The molecule has 0 saturated carbocycles. The van der Waals surface area contributed by atoms with Crippen molar-refractivity contribution in [1.82, 2.24) is 5.32 Å². The highest BCUT2D eigenvalue weighted by Crippen LogP contribution is 2.23. The minimum Gasteiger partial charge on any atom is -0.489 e. The molecular formula is C16H16F3NO. The summed E-state index contributed by atoms with van der Waals surface area (Å²) in [7, 11) is 1.60. The van der Waals surface area contributed by atoms with Crippen LogP contribution in [0.3, 0.4) is 0 Å². The monoisotopic (exact) mass is 295 g/mol. The maximum absolute atomic E-state index is 13.8. The second-order valence-electron chi connectivity index (χ2n) is 4.68. The molecular weight excluding hydrogens is 279 g/mol. The number of hydrogen-bond donors (Lipinski definition) is 1. The van der Waals surface area contributed by atoms with Gasteiger partial charge in [-0.2, -0.15) is 0 Å². The van der Waals surface area contributed by atoms with Gasteiger partial charge in [0.1, 0.15) is 6.61 Å². The van der Waals surface area contributed by atoms with Gasteiger partial charge in [-0.1, -0.05) is 24.3 Å². The fourth-order valence-corrected chi connectivity index (χ4v) is 2.02. The Kier molecular flexibility index (Phi) is 4.85. The van der Waals surface area contributed by atoms with Crippen molar-refractivity contribution in [2.24, 2.45) is 0 Å². The fraction of sp³-hybridized carbons (Fsp3) is 0.250. The highest BCUT2D eigenvalue weighted by molar-refractivity contribution is 5.30. The largest absolute Gasteiger partial charge is 0.489 e. The molecule has 0 spiro atoms. The van der Waals surface area contributed by atoms with E-state index in [1.165, 1.54) is 18.2 Å². The van der Waals surface area contributed by atoms with E-state index in [4.69, 9.17) is 4.74 Å². The Morgan fingerprint density at radius 3 is 2.48 bits per heavy atom. The van der Waals surface area contributed by atoms with Gasteiger partial charge in [-0.3, -0.25) is 0 Å². The molecule has 0 radical (unpaired) electrons. The summed E-state index contributed by atoms with van der Waals surface area (Å²) < 4.78 is 46.2. The van der Waals surface area contributed by atoms with Crippen molar-refractivity contribution in [3.63, 3.8) is 0 Å². The lowest BCUT2D eigenvalue weighted by Gasteiger charge is -2.18. The molecule has 0 fully saturated rings. The number of aryl methyl sites for hydroxylation is 1. The fourth-order valence-electron chi connectivity index (χ4n) is 2.02. The Labute approximate surface area is 121 Å². The van der Waals surface area contributed by atoms with E-state index < -0.39 is 23.5 Å². The molecule has 0 amide bonds. The molecule has 2 aromatic carbocycles. The first kappa shape index (κ1) is 15.4. The Bertz CT molecular complexity index is 631. The Balaban J connectivity index is 2.16. The number of benzene rings is 2. The molecule has 2 aromatic rings. The number of likely N-dealkylation sites (N-methyl/N-ethyl adjacent to an activating group) is 1. The predicted octanol–water partition coefficient (Wildman–Crippen LogP) is 3.75. The van der Waals surface area contributed by atoms with Crippen molar-refractivity contribution >= 4 is 0 Å². The van der Waals surface area contributed by atoms with Gasteiger partial charge in [0, 0.05) is 5.56 Å². The lowest BCUT2D eigenvalue weighted by Crippen LogP contribution is -2.25. The maximum atomic E-state index is 13.8. The van der Waals surface area contributed by atoms with E-state index in [1.54, 1.807) is 26.1 Å². The first-order valence-corrected chi connectivity index (χ1v) is 6.53. The third-order valence-corrected chi connectivity index (χ3v) is 3.27. The van der Waals surface area contributed by atoms with Crippen LogP contribution in [-0.4, -0.2) is 13.7 Å². The molecule has 5 heteroatoms. The van der Waals surface area contributed by atoms with Crippen LogP contribution in [0.25, 0.3) is 0 Å². The zero-order valence-electron chi connectivity index (χ0n) is 11.8. The molecule has 0 saturated heterocycles. The van der Waals surface area contributed by atoms with E-state index in [0.717, 1.165) is 6.07 Å². The summed E-state index contributed by atoms with van der Waals surface area (Å²) in [6.45, 7) is 1.61. The predicted molar refractivity (Wildman–Crippen MR) is 74.8 cm³/mol. The minimum atomic E-state index is -0.926. The van der Waals surface area contributed by atoms with Crippen LogP contribution < -0.4 is 10.1 Å². The highest BCUT2D eigenvalue weighted by atomic mass is 19.2. The third kappa shape index (κ3) is 3.36. The van der Waals surface area contributed by atoms with Crippen LogP contribution in [0.4, 0.5) is 13.2 Å². The zero-order valence-corrected chi connectivity index (χ0v) is 11.8. The Morgan fingerprint density at radius 1 is 1.05 bits per heavy atom. The van der Waals surface area contributed by atoms with Crippen molar-refractivity contribution in [3.8, 4) is 5.75 Å². The first-order valence-electron chi connectivity index (χ1n) is 6.53. The quantitative estimate of drug-likeness (QED) is 0.907. The lowest BCUT2D eigenvalue weighted by atomic mass is 10.1. The van der Waals surface area contributed by atoms with Crippen LogP contribution in [-0.2, 0) is 0 Å². The summed E-state index contributed by atoms with van der Waals surface area (Å²) in [5.74, 6) is -2.21. The van der Waals surface area contributed by atoms with Crippen molar-refractivity contribution in [2.75, 3.05) is 13.7 Å². The third-order valence-electron chi connectivity index (χ3n) is 3.27. The van der Waals surface area contributed by atoms with Gasteiger partial charge in [-0.25, -0.2) is 13.2 Å². The van der Waals surface area contributed by atoms with Crippen LogP contribution in [0.2, 0.25) is 0 Å². The number of ether oxygens (including phenoxy) is 1. The maximum Gasteiger partial charge on any atom is 0.167 e. The molecule has 2 nitrogen and oxygen atoms in total. The first-order chi connectivity index (χ1) is 10.0. The van der Waals surface area contributed by atoms with E-state index in [-0.39, 0.29) is 17.9 Å². The van der Waals surface area contributed by atoms with Crippen molar-refractivity contribution in [2.45, 2.75) is 13.0 Å². The van der Waals surface area contributed by atoms with Gasteiger partial charge in [-0.15, -0.1) is 0 Å². The highest BCUT2D eigenvalue weighted by Gasteiger charge is 2.18. The minimum absolute atomic E-state index is 0.0166. The van der Waals surface area contributed by atoms with Gasteiger partial charge in [0.2, 0.25) is 0 Å². The molecule has 21 heavy (non-hydrogen) atoms. The molecule has 112 valence electrons. The van der Waals surface area contributed by atoms with Crippen molar-refractivity contribution < 1.29 is 17.9 Å². The summed E-state index contributed by atoms with van der Waals surface area (Å²) in [6.07, 6.45) is 0.